The topological polar surface area (TPSA) is 76.1 Å². The third-order valence-electron chi connectivity index (χ3n) is 2.98. The summed E-state index contributed by atoms with van der Waals surface area (Å²) in [5.74, 6) is 0. The van der Waals surface area contributed by atoms with Crippen LogP contribution in [0.4, 0.5) is 5.69 Å². The van der Waals surface area contributed by atoms with Gasteiger partial charge in [0, 0.05) is 38.4 Å². The van der Waals surface area contributed by atoms with E-state index in [0.29, 0.717) is 15.9 Å². The van der Waals surface area contributed by atoms with E-state index in [9.17, 15) is 0 Å². The Morgan fingerprint density at radius 3 is 2.08 bits per heavy atom. The maximum Gasteiger partial charge on any atom is 0.186 e. The molecule has 9 heteroatoms. The van der Waals surface area contributed by atoms with Crippen molar-refractivity contribution in [2.24, 2.45) is 10.2 Å². The second-order valence-electron chi connectivity index (χ2n) is 5.14. The zero-order valence-corrected chi connectivity index (χ0v) is 16.6. The quantitative estimate of drug-likeness (QED) is 0.324. The molecule has 1 rings (SSSR count). The van der Waals surface area contributed by atoms with Crippen molar-refractivity contribution in [3.8, 4) is 0 Å². The minimum Gasteiger partial charge on any atom is -0.378 e. The van der Waals surface area contributed by atoms with Gasteiger partial charge in [0.25, 0.3) is 0 Å². The van der Waals surface area contributed by atoms with Crippen LogP contribution in [0.15, 0.2) is 34.5 Å². The average Bonchev–Trinajstić information content (AvgIpc) is 2.58. The molecule has 0 fully saturated rings. The summed E-state index contributed by atoms with van der Waals surface area (Å²) < 4.78 is 0. The Bertz CT molecular complexity index is 624. The Morgan fingerprint density at radius 2 is 1.56 bits per heavy atom. The summed E-state index contributed by atoms with van der Waals surface area (Å²) in [5.41, 5.74) is 8.19. The van der Waals surface area contributed by atoms with E-state index in [1.54, 1.807) is 6.21 Å². The smallest absolute Gasteiger partial charge is 0.186 e. The predicted octanol–water partition coefficient (Wildman–Crippen LogP) is 1.41. The van der Waals surface area contributed by atoms with Gasteiger partial charge in [0.2, 0.25) is 0 Å². The SMILES string of the molecule is CCNC(=S)N/N=C(\C=N\NC(=S)NCC)c1ccc(N(C)C)cc1. The van der Waals surface area contributed by atoms with Gasteiger partial charge in [-0.2, -0.15) is 10.2 Å². The van der Waals surface area contributed by atoms with Crippen molar-refractivity contribution in [3.63, 3.8) is 0 Å². The van der Waals surface area contributed by atoms with Crippen LogP contribution in [-0.4, -0.2) is 49.3 Å². The van der Waals surface area contributed by atoms with Crippen LogP contribution in [-0.2, 0) is 0 Å². The highest BCUT2D eigenvalue weighted by molar-refractivity contribution is 7.80. The van der Waals surface area contributed by atoms with E-state index < -0.39 is 0 Å². The summed E-state index contributed by atoms with van der Waals surface area (Å²) in [4.78, 5) is 2.03. The number of benzene rings is 1. The van der Waals surface area contributed by atoms with Gasteiger partial charge in [0.1, 0.15) is 5.71 Å². The van der Waals surface area contributed by atoms with Crippen molar-refractivity contribution in [1.82, 2.24) is 21.5 Å². The van der Waals surface area contributed by atoms with Crippen LogP contribution in [0.1, 0.15) is 19.4 Å². The van der Waals surface area contributed by atoms with Crippen LogP contribution in [0, 0.1) is 0 Å². The van der Waals surface area contributed by atoms with E-state index >= 15 is 0 Å². The normalized spacial score (nSPS) is 11.1. The van der Waals surface area contributed by atoms with Crippen LogP contribution in [0.3, 0.4) is 0 Å². The maximum atomic E-state index is 5.14. The number of thiocarbonyl (C=S) groups is 2. The molecule has 0 saturated carbocycles. The van der Waals surface area contributed by atoms with Crippen LogP contribution < -0.4 is 26.4 Å². The van der Waals surface area contributed by atoms with Gasteiger partial charge in [0.15, 0.2) is 10.2 Å². The number of hydrogen-bond donors (Lipinski definition) is 4. The first-order valence-electron chi connectivity index (χ1n) is 7.94. The Balaban J connectivity index is 2.93. The van der Waals surface area contributed by atoms with E-state index in [4.69, 9.17) is 24.4 Å². The molecule has 0 unspecified atom stereocenters. The van der Waals surface area contributed by atoms with Crippen molar-refractivity contribution in [3.05, 3.63) is 29.8 Å². The van der Waals surface area contributed by atoms with E-state index in [1.165, 1.54) is 0 Å². The third kappa shape index (κ3) is 7.90. The van der Waals surface area contributed by atoms with Crippen LogP contribution in [0.5, 0.6) is 0 Å². The van der Waals surface area contributed by atoms with Crippen molar-refractivity contribution in [2.75, 3.05) is 32.1 Å². The summed E-state index contributed by atoms with van der Waals surface area (Å²) >= 11 is 10.2. The zero-order valence-electron chi connectivity index (χ0n) is 15.0. The molecule has 1 aromatic carbocycles. The first-order chi connectivity index (χ1) is 12.0. The standard InChI is InChI=1S/C16H25N7S2/c1-5-17-15(24)21-19-11-14(20-22-16(25)18-6-2)12-7-9-13(10-8-12)23(3)4/h7-11H,5-6H2,1-4H3,(H2,17,21,24)(H2,18,22,25)/b19-11+,20-14+. The molecule has 0 aromatic heterocycles. The first-order valence-corrected chi connectivity index (χ1v) is 8.75. The van der Waals surface area contributed by atoms with E-state index in [0.717, 1.165) is 24.3 Å². The molecule has 0 radical (unpaired) electrons. The molecular formula is C16H25N7S2. The fourth-order valence-electron chi connectivity index (χ4n) is 1.76. The molecule has 7 nitrogen and oxygen atoms in total. The van der Waals surface area contributed by atoms with Crippen LogP contribution >= 0.6 is 24.4 Å². The molecular weight excluding hydrogens is 354 g/mol. The lowest BCUT2D eigenvalue weighted by Crippen LogP contribution is -2.33. The van der Waals surface area contributed by atoms with Crippen molar-refractivity contribution >= 4 is 52.3 Å². The number of anilines is 1. The molecule has 0 aliphatic heterocycles. The van der Waals surface area contributed by atoms with Gasteiger partial charge in [-0.3, -0.25) is 10.9 Å². The Labute approximate surface area is 159 Å². The van der Waals surface area contributed by atoms with E-state index in [2.05, 4.69) is 31.7 Å². The summed E-state index contributed by atoms with van der Waals surface area (Å²) in [6.07, 6.45) is 1.59. The lowest BCUT2D eigenvalue weighted by atomic mass is 10.1. The molecule has 0 heterocycles. The zero-order chi connectivity index (χ0) is 18.7. The Kier molecular flexibility index (Phi) is 9.41. The number of hydrogen-bond acceptors (Lipinski definition) is 5. The molecule has 136 valence electrons. The molecule has 0 spiro atoms. The predicted molar refractivity (Wildman–Crippen MR) is 115 cm³/mol. The first kappa shape index (κ1) is 20.8. The molecule has 0 atom stereocenters. The molecule has 25 heavy (non-hydrogen) atoms. The highest BCUT2D eigenvalue weighted by atomic mass is 32.1. The molecule has 0 bridgehead atoms. The molecule has 0 aliphatic carbocycles. The minimum atomic E-state index is 0.453. The molecule has 0 saturated heterocycles. The van der Waals surface area contributed by atoms with E-state index in [-0.39, 0.29) is 0 Å². The molecule has 4 N–H and O–H groups in total. The van der Waals surface area contributed by atoms with Gasteiger partial charge in [-0.25, -0.2) is 0 Å². The fourth-order valence-corrected chi connectivity index (χ4v) is 2.15. The fraction of sp³-hybridized carbons (Fsp3) is 0.375. The Hall–Kier alpha value is -2.26. The average molecular weight is 380 g/mol. The second kappa shape index (κ2) is 11.3. The molecule has 0 amide bonds. The van der Waals surface area contributed by atoms with Crippen LogP contribution in [0.25, 0.3) is 0 Å². The largest absolute Gasteiger partial charge is 0.378 e. The van der Waals surface area contributed by atoms with Crippen molar-refractivity contribution < 1.29 is 0 Å². The number of nitrogens with one attached hydrogen (secondary N) is 4. The summed E-state index contributed by atoms with van der Waals surface area (Å²) in [6.45, 7) is 5.38. The summed E-state index contributed by atoms with van der Waals surface area (Å²) in [6, 6.07) is 7.97. The van der Waals surface area contributed by atoms with Gasteiger partial charge in [0.05, 0.1) is 6.21 Å². The van der Waals surface area contributed by atoms with Gasteiger partial charge < -0.3 is 15.5 Å². The monoisotopic (exact) mass is 379 g/mol. The van der Waals surface area contributed by atoms with Gasteiger partial charge in [-0.1, -0.05) is 12.1 Å². The molecule has 1 aromatic rings. The maximum absolute atomic E-state index is 5.14. The highest BCUT2D eigenvalue weighted by Crippen LogP contribution is 2.12. The van der Waals surface area contributed by atoms with Gasteiger partial charge in [-0.05, 0) is 50.4 Å². The van der Waals surface area contributed by atoms with Gasteiger partial charge in [-0.15, -0.1) is 0 Å². The lowest BCUT2D eigenvalue weighted by Gasteiger charge is -2.13. The summed E-state index contributed by atoms with van der Waals surface area (Å²) in [7, 11) is 3.99. The van der Waals surface area contributed by atoms with Crippen molar-refractivity contribution in [1.29, 1.82) is 0 Å². The van der Waals surface area contributed by atoms with Crippen LogP contribution in [0.2, 0.25) is 0 Å². The highest BCUT2D eigenvalue weighted by Gasteiger charge is 2.04. The van der Waals surface area contributed by atoms with Gasteiger partial charge >= 0.3 is 0 Å². The molecule has 0 aliphatic rings. The summed E-state index contributed by atoms with van der Waals surface area (Å²) in [5, 5.41) is 15.3. The number of hydrazone groups is 2. The minimum absolute atomic E-state index is 0.453. The number of rotatable bonds is 7. The lowest BCUT2D eigenvalue weighted by molar-refractivity contribution is 0.899. The second-order valence-corrected chi connectivity index (χ2v) is 5.96. The van der Waals surface area contributed by atoms with E-state index in [1.807, 2.05) is 57.1 Å². The Morgan fingerprint density at radius 1 is 1.00 bits per heavy atom. The van der Waals surface area contributed by atoms with Crippen molar-refractivity contribution in [2.45, 2.75) is 13.8 Å². The third-order valence-corrected chi connectivity index (χ3v) is 3.46. The number of nitrogens with zero attached hydrogens (tertiary/aromatic N) is 3.